The highest BCUT2D eigenvalue weighted by molar-refractivity contribution is 9.10. The second-order valence-electron chi connectivity index (χ2n) is 5.30. The molecule has 0 radical (unpaired) electrons. The number of hydrogen-bond acceptors (Lipinski definition) is 4. The van der Waals surface area contributed by atoms with Gasteiger partial charge in [0, 0.05) is 19.7 Å². The maximum absolute atomic E-state index is 5.60. The second-order valence-corrected chi connectivity index (χ2v) is 6.15. The third-order valence-electron chi connectivity index (χ3n) is 3.85. The Morgan fingerprint density at radius 1 is 1.43 bits per heavy atom. The van der Waals surface area contributed by atoms with E-state index >= 15 is 0 Å². The van der Waals surface area contributed by atoms with E-state index in [-0.39, 0.29) is 0 Å². The number of halogens is 1. The van der Waals surface area contributed by atoms with Crippen LogP contribution in [-0.2, 0) is 11.3 Å². The van der Waals surface area contributed by atoms with Crippen molar-refractivity contribution in [3.05, 3.63) is 22.2 Å². The lowest BCUT2D eigenvalue weighted by atomic mass is 10.0. The summed E-state index contributed by atoms with van der Waals surface area (Å²) in [6.07, 6.45) is 1.50. The summed E-state index contributed by atoms with van der Waals surface area (Å²) < 4.78 is 17.5. The zero-order valence-corrected chi connectivity index (χ0v) is 14.5. The Hall–Kier alpha value is -0.780. The highest BCUT2D eigenvalue weighted by Gasteiger charge is 2.23. The van der Waals surface area contributed by atoms with Gasteiger partial charge in [-0.3, -0.25) is 0 Å². The van der Waals surface area contributed by atoms with Gasteiger partial charge < -0.3 is 19.5 Å². The van der Waals surface area contributed by atoms with E-state index in [1.54, 1.807) is 7.11 Å². The van der Waals surface area contributed by atoms with Crippen molar-refractivity contribution in [1.82, 2.24) is 5.32 Å². The standard InChI is InChI=1S/C16H24BrNO3/c1-4-20-16-14(17)7-12(8-15(16)19-3)9-18-10-13-5-6-21-11(13)2/h7-8,11,13,18H,4-6,9-10H2,1-3H3. The zero-order chi connectivity index (χ0) is 15.2. The average Bonchev–Trinajstić information content (AvgIpc) is 2.87. The van der Waals surface area contributed by atoms with Crippen LogP contribution in [0.3, 0.4) is 0 Å². The molecule has 1 aromatic rings. The fourth-order valence-corrected chi connectivity index (χ4v) is 3.21. The van der Waals surface area contributed by atoms with Gasteiger partial charge in [-0.2, -0.15) is 0 Å². The number of benzene rings is 1. The first-order chi connectivity index (χ1) is 10.2. The van der Waals surface area contributed by atoms with E-state index in [0.29, 0.717) is 18.6 Å². The molecular formula is C16H24BrNO3. The minimum atomic E-state index is 0.360. The number of ether oxygens (including phenoxy) is 3. The molecule has 1 aliphatic heterocycles. The second kappa shape index (κ2) is 8.01. The van der Waals surface area contributed by atoms with Crippen molar-refractivity contribution < 1.29 is 14.2 Å². The minimum absolute atomic E-state index is 0.360. The van der Waals surface area contributed by atoms with E-state index in [1.165, 1.54) is 5.56 Å². The molecule has 0 amide bonds. The van der Waals surface area contributed by atoms with Crippen LogP contribution in [0, 0.1) is 5.92 Å². The Morgan fingerprint density at radius 3 is 2.86 bits per heavy atom. The molecule has 2 rings (SSSR count). The van der Waals surface area contributed by atoms with Crippen LogP contribution in [0.1, 0.15) is 25.8 Å². The van der Waals surface area contributed by atoms with Gasteiger partial charge in [0.15, 0.2) is 11.5 Å². The average molecular weight is 358 g/mol. The molecule has 4 nitrogen and oxygen atoms in total. The maximum atomic E-state index is 5.60. The summed E-state index contributed by atoms with van der Waals surface area (Å²) in [6, 6.07) is 4.10. The summed E-state index contributed by atoms with van der Waals surface area (Å²) in [6.45, 7) is 7.41. The van der Waals surface area contributed by atoms with Crippen LogP contribution in [0.5, 0.6) is 11.5 Å². The molecule has 118 valence electrons. The van der Waals surface area contributed by atoms with Gasteiger partial charge >= 0.3 is 0 Å². The van der Waals surface area contributed by atoms with E-state index in [1.807, 2.05) is 13.0 Å². The highest BCUT2D eigenvalue weighted by atomic mass is 79.9. The van der Waals surface area contributed by atoms with Gasteiger partial charge in [-0.1, -0.05) is 0 Å². The number of methoxy groups -OCH3 is 1. The lowest BCUT2D eigenvalue weighted by Crippen LogP contribution is -2.26. The van der Waals surface area contributed by atoms with E-state index in [4.69, 9.17) is 14.2 Å². The molecular weight excluding hydrogens is 334 g/mol. The molecule has 0 aromatic heterocycles. The van der Waals surface area contributed by atoms with Gasteiger partial charge in [0.2, 0.25) is 0 Å². The predicted octanol–water partition coefficient (Wildman–Crippen LogP) is 3.37. The molecule has 1 heterocycles. The molecule has 5 heteroatoms. The molecule has 0 spiro atoms. The van der Waals surface area contributed by atoms with Gasteiger partial charge in [-0.15, -0.1) is 0 Å². The van der Waals surface area contributed by atoms with Crippen LogP contribution in [0.15, 0.2) is 16.6 Å². The lowest BCUT2D eigenvalue weighted by Gasteiger charge is -2.16. The maximum Gasteiger partial charge on any atom is 0.175 e. The largest absolute Gasteiger partial charge is 0.493 e. The summed E-state index contributed by atoms with van der Waals surface area (Å²) >= 11 is 3.55. The summed E-state index contributed by atoms with van der Waals surface area (Å²) in [5, 5.41) is 3.51. The fraction of sp³-hybridized carbons (Fsp3) is 0.625. The lowest BCUT2D eigenvalue weighted by molar-refractivity contribution is 0.105. The highest BCUT2D eigenvalue weighted by Crippen LogP contribution is 2.36. The van der Waals surface area contributed by atoms with Gasteiger partial charge in [-0.05, 0) is 59.8 Å². The van der Waals surface area contributed by atoms with Gasteiger partial charge in [0.05, 0.1) is 24.3 Å². The van der Waals surface area contributed by atoms with E-state index in [0.717, 1.165) is 42.1 Å². The Morgan fingerprint density at radius 2 is 2.24 bits per heavy atom. The summed E-state index contributed by atoms with van der Waals surface area (Å²) in [5.74, 6) is 2.14. The van der Waals surface area contributed by atoms with E-state index in [9.17, 15) is 0 Å². The molecule has 2 atom stereocenters. The third kappa shape index (κ3) is 4.34. The zero-order valence-electron chi connectivity index (χ0n) is 12.9. The van der Waals surface area contributed by atoms with Gasteiger partial charge in [0.1, 0.15) is 0 Å². The van der Waals surface area contributed by atoms with Crippen LogP contribution in [0.2, 0.25) is 0 Å². The quantitative estimate of drug-likeness (QED) is 0.811. The topological polar surface area (TPSA) is 39.7 Å². The molecule has 1 saturated heterocycles. The van der Waals surface area contributed by atoms with Crippen LogP contribution >= 0.6 is 15.9 Å². The monoisotopic (exact) mass is 357 g/mol. The first-order valence-electron chi connectivity index (χ1n) is 7.47. The van der Waals surface area contributed by atoms with Crippen molar-refractivity contribution in [2.45, 2.75) is 32.9 Å². The number of hydrogen-bond donors (Lipinski definition) is 1. The SMILES string of the molecule is CCOc1c(Br)cc(CNCC2CCOC2C)cc1OC. The molecule has 2 unspecified atom stereocenters. The smallest absolute Gasteiger partial charge is 0.175 e. The molecule has 1 aliphatic rings. The van der Waals surface area contributed by atoms with Crippen LogP contribution < -0.4 is 14.8 Å². The molecule has 0 saturated carbocycles. The Balaban J connectivity index is 1.95. The Kier molecular flexibility index (Phi) is 6.33. The van der Waals surface area contributed by atoms with Crippen molar-refractivity contribution in [2.75, 3.05) is 26.9 Å². The molecule has 0 aliphatic carbocycles. The molecule has 0 bridgehead atoms. The predicted molar refractivity (Wildman–Crippen MR) is 87.1 cm³/mol. The first-order valence-corrected chi connectivity index (χ1v) is 8.26. The summed E-state index contributed by atoms with van der Waals surface area (Å²) in [5.41, 5.74) is 1.17. The normalized spacial score (nSPS) is 21.5. The van der Waals surface area contributed by atoms with Crippen LogP contribution in [0.4, 0.5) is 0 Å². The molecule has 21 heavy (non-hydrogen) atoms. The summed E-state index contributed by atoms with van der Waals surface area (Å²) in [4.78, 5) is 0. The number of nitrogens with one attached hydrogen (secondary N) is 1. The Labute approximate surface area is 135 Å². The van der Waals surface area contributed by atoms with Crippen molar-refractivity contribution in [3.8, 4) is 11.5 Å². The number of rotatable bonds is 7. The van der Waals surface area contributed by atoms with Crippen molar-refractivity contribution in [2.24, 2.45) is 5.92 Å². The van der Waals surface area contributed by atoms with Crippen LogP contribution in [-0.4, -0.2) is 33.0 Å². The first kappa shape index (κ1) is 16.6. The minimum Gasteiger partial charge on any atom is -0.493 e. The molecule has 1 fully saturated rings. The fourth-order valence-electron chi connectivity index (χ4n) is 2.61. The third-order valence-corrected chi connectivity index (χ3v) is 4.44. The van der Waals surface area contributed by atoms with Crippen molar-refractivity contribution in [3.63, 3.8) is 0 Å². The van der Waals surface area contributed by atoms with Gasteiger partial charge in [0.25, 0.3) is 0 Å². The molecule has 1 aromatic carbocycles. The summed E-state index contributed by atoms with van der Waals surface area (Å²) in [7, 11) is 1.67. The van der Waals surface area contributed by atoms with E-state index < -0.39 is 0 Å². The Bertz CT molecular complexity index is 467. The van der Waals surface area contributed by atoms with Crippen molar-refractivity contribution in [1.29, 1.82) is 0 Å². The van der Waals surface area contributed by atoms with Crippen LogP contribution in [0.25, 0.3) is 0 Å². The van der Waals surface area contributed by atoms with Gasteiger partial charge in [-0.25, -0.2) is 0 Å². The van der Waals surface area contributed by atoms with Crippen molar-refractivity contribution >= 4 is 15.9 Å². The van der Waals surface area contributed by atoms with E-state index in [2.05, 4.69) is 34.2 Å². The molecule has 1 N–H and O–H groups in total.